The molecular weight excluding hydrogens is 332 g/mol. The number of hydrogen-bond acceptors (Lipinski definition) is 5. The van der Waals surface area contributed by atoms with Crippen LogP contribution in [0.15, 0.2) is 65.8 Å². The highest BCUT2D eigenvalue weighted by atomic mass is 16.5. The molecule has 0 aliphatic rings. The Labute approximate surface area is 150 Å². The van der Waals surface area contributed by atoms with Crippen molar-refractivity contribution in [2.45, 2.75) is 0 Å². The van der Waals surface area contributed by atoms with E-state index in [1.807, 2.05) is 36.4 Å². The molecule has 0 atom stereocenters. The second-order valence-electron chi connectivity index (χ2n) is 5.45. The summed E-state index contributed by atoms with van der Waals surface area (Å²) in [5.41, 5.74) is 2.92. The van der Waals surface area contributed by atoms with Crippen molar-refractivity contribution in [3.63, 3.8) is 0 Å². The predicted octanol–water partition coefficient (Wildman–Crippen LogP) is 3.08. The van der Waals surface area contributed by atoms with E-state index in [1.165, 1.54) is 13.3 Å². The number of phenolic OH excluding ortho intramolecular Hbond substituents is 1. The van der Waals surface area contributed by atoms with Gasteiger partial charge in [-0.25, -0.2) is 5.43 Å². The number of methoxy groups -OCH3 is 1. The second-order valence-corrected chi connectivity index (χ2v) is 5.45. The Morgan fingerprint density at radius 3 is 2.62 bits per heavy atom. The molecule has 0 saturated heterocycles. The number of nitrogens with one attached hydrogen (secondary N) is 1. The first-order valence-corrected chi connectivity index (χ1v) is 7.97. The molecule has 0 radical (unpaired) electrons. The first kappa shape index (κ1) is 17.3. The highest BCUT2D eigenvalue weighted by Gasteiger charge is 2.07. The molecule has 0 aromatic heterocycles. The van der Waals surface area contributed by atoms with Gasteiger partial charge in [0, 0.05) is 5.56 Å². The Kier molecular flexibility index (Phi) is 5.34. The number of phenols is 1. The van der Waals surface area contributed by atoms with E-state index in [0.717, 1.165) is 10.8 Å². The Bertz CT molecular complexity index is 953. The van der Waals surface area contributed by atoms with Gasteiger partial charge in [0.2, 0.25) is 0 Å². The van der Waals surface area contributed by atoms with E-state index >= 15 is 0 Å². The fraction of sp³-hybridized carbons (Fsp3) is 0.100. The summed E-state index contributed by atoms with van der Waals surface area (Å²) < 4.78 is 10.6. The third-order valence-corrected chi connectivity index (χ3v) is 3.76. The zero-order chi connectivity index (χ0) is 18.4. The highest BCUT2D eigenvalue weighted by Crippen LogP contribution is 2.26. The molecule has 0 unspecified atom stereocenters. The van der Waals surface area contributed by atoms with Gasteiger partial charge in [0.05, 0.1) is 13.3 Å². The Morgan fingerprint density at radius 1 is 1.08 bits per heavy atom. The van der Waals surface area contributed by atoms with E-state index in [1.54, 1.807) is 24.3 Å². The molecule has 6 heteroatoms. The molecule has 3 rings (SSSR count). The molecule has 6 nitrogen and oxygen atoms in total. The summed E-state index contributed by atoms with van der Waals surface area (Å²) in [7, 11) is 1.53. The first-order valence-electron chi connectivity index (χ1n) is 7.97. The number of aromatic hydroxyl groups is 1. The van der Waals surface area contributed by atoms with E-state index in [9.17, 15) is 9.90 Å². The van der Waals surface area contributed by atoms with Gasteiger partial charge < -0.3 is 14.6 Å². The van der Waals surface area contributed by atoms with Crippen LogP contribution in [0.2, 0.25) is 0 Å². The molecule has 0 fully saturated rings. The van der Waals surface area contributed by atoms with Gasteiger partial charge in [-0.05, 0) is 29.0 Å². The SMILES string of the molecule is COc1ccccc1OCC(=O)N/N=C\c1c(O)ccc2ccccc12. The van der Waals surface area contributed by atoms with Gasteiger partial charge in [-0.2, -0.15) is 5.10 Å². The van der Waals surface area contributed by atoms with Crippen LogP contribution >= 0.6 is 0 Å². The third-order valence-electron chi connectivity index (χ3n) is 3.76. The molecule has 0 heterocycles. The van der Waals surface area contributed by atoms with Crippen molar-refractivity contribution in [3.8, 4) is 17.2 Å². The normalized spacial score (nSPS) is 10.8. The summed E-state index contributed by atoms with van der Waals surface area (Å²) >= 11 is 0. The lowest BCUT2D eigenvalue weighted by Gasteiger charge is -2.09. The number of rotatable bonds is 6. The van der Waals surface area contributed by atoms with E-state index in [2.05, 4.69) is 10.5 Å². The minimum Gasteiger partial charge on any atom is -0.507 e. The minimum atomic E-state index is -0.424. The molecule has 2 N–H and O–H groups in total. The number of fused-ring (bicyclic) bond motifs is 1. The van der Waals surface area contributed by atoms with Crippen molar-refractivity contribution in [2.24, 2.45) is 5.10 Å². The number of hydrazone groups is 1. The summed E-state index contributed by atoms with van der Waals surface area (Å²) in [6.45, 7) is -0.209. The van der Waals surface area contributed by atoms with Crippen molar-refractivity contribution < 1.29 is 19.4 Å². The van der Waals surface area contributed by atoms with Gasteiger partial charge in [-0.3, -0.25) is 4.79 Å². The number of para-hydroxylation sites is 2. The van der Waals surface area contributed by atoms with Gasteiger partial charge >= 0.3 is 0 Å². The Morgan fingerprint density at radius 2 is 1.81 bits per heavy atom. The van der Waals surface area contributed by atoms with Crippen LogP contribution in [0.5, 0.6) is 17.2 Å². The smallest absolute Gasteiger partial charge is 0.277 e. The fourth-order valence-corrected chi connectivity index (χ4v) is 2.50. The van der Waals surface area contributed by atoms with Crippen LogP contribution in [0.25, 0.3) is 10.8 Å². The number of carbonyl (C=O) groups excluding carboxylic acids is 1. The maximum atomic E-state index is 11.9. The number of amides is 1. The van der Waals surface area contributed by atoms with E-state index in [4.69, 9.17) is 9.47 Å². The third kappa shape index (κ3) is 3.92. The molecule has 3 aromatic carbocycles. The first-order chi connectivity index (χ1) is 12.7. The molecule has 0 aliphatic heterocycles. The fourth-order valence-electron chi connectivity index (χ4n) is 2.50. The summed E-state index contributed by atoms with van der Waals surface area (Å²) in [4.78, 5) is 11.9. The Hall–Kier alpha value is -3.54. The van der Waals surface area contributed by atoms with Crippen molar-refractivity contribution in [1.82, 2.24) is 5.43 Å². The molecule has 0 spiro atoms. The number of ether oxygens (including phenoxy) is 2. The molecule has 3 aromatic rings. The lowest BCUT2D eigenvalue weighted by molar-refractivity contribution is -0.123. The minimum absolute atomic E-state index is 0.0898. The number of benzene rings is 3. The number of nitrogens with zero attached hydrogens (tertiary/aromatic N) is 1. The van der Waals surface area contributed by atoms with Crippen LogP contribution in [0, 0.1) is 0 Å². The maximum Gasteiger partial charge on any atom is 0.277 e. The molecule has 0 saturated carbocycles. The highest BCUT2D eigenvalue weighted by molar-refractivity contribution is 6.02. The van der Waals surface area contributed by atoms with Crippen molar-refractivity contribution in [2.75, 3.05) is 13.7 Å². The largest absolute Gasteiger partial charge is 0.507 e. The summed E-state index contributed by atoms with van der Waals surface area (Å²) in [5, 5.41) is 15.8. The van der Waals surface area contributed by atoms with Crippen LogP contribution < -0.4 is 14.9 Å². The molecule has 132 valence electrons. The quantitative estimate of drug-likeness (QED) is 0.529. The zero-order valence-corrected chi connectivity index (χ0v) is 14.2. The van der Waals surface area contributed by atoms with Crippen LogP contribution in [-0.4, -0.2) is 30.9 Å². The van der Waals surface area contributed by atoms with Crippen LogP contribution in [0.3, 0.4) is 0 Å². The molecule has 0 aliphatic carbocycles. The van der Waals surface area contributed by atoms with Crippen LogP contribution in [0.4, 0.5) is 0 Å². The van der Waals surface area contributed by atoms with Crippen molar-refractivity contribution >= 4 is 22.9 Å². The Balaban J connectivity index is 1.64. The van der Waals surface area contributed by atoms with E-state index in [-0.39, 0.29) is 12.4 Å². The number of hydrogen-bond donors (Lipinski definition) is 2. The van der Waals surface area contributed by atoms with E-state index in [0.29, 0.717) is 17.1 Å². The lowest BCUT2D eigenvalue weighted by Crippen LogP contribution is -2.24. The van der Waals surface area contributed by atoms with Crippen LogP contribution in [-0.2, 0) is 4.79 Å². The molecular formula is C20H18N2O4. The van der Waals surface area contributed by atoms with Gasteiger partial charge in [0.15, 0.2) is 18.1 Å². The van der Waals surface area contributed by atoms with Gasteiger partial charge in [-0.1, -0.05) is 42.5 Å². The van der Waals surface area contributed by atoms with Crippen molar-refractivity contribution in [3.05, 3.63) is 66.2 Å². The molecule has 1 amide bonds. The monoisotopic (exact) mass is 350 g/mol. The molecule has 0 bridgehead atoms. The van der Waals surface area contributed by atoms with Gasteiger partial charge in [0.1, 0.15) is 5.75 Å². The number of carbonyl (C=O) groups is 1. The predicted molar refractivity (Wildman–Crippen MR) is 99.8 cm³/mol. The zero-order valence-electron chi connectivity index (χ0n) is 14.2. The summed E-state index contributed by atoms with van der Waals surface area (Å²) in [6.07, 6.45) is 1.42. The van der Waals surface area contributed by atoms with Gasteiger partial charge in [0.25, 0.3) is 5.91 Å². The summed E-state index contributed by atoms with van der Waals surface area (Å²) in [6, 6.07) is 18.1. The maximum absolute atomic E-state index is 11.9. The standard InChI is InChI=1S/C20H18N2O4/c1-25-18-8-4-5-9-19(18)26-13-20(24)22-21-12-16-15-7-3-2-6-14(15)10-11-17(16)23/h2-12,23H,13H2,1H3,(H,22,24)/b21-12-. The van der Waals surface area contributed by atoms with Crippen molar-refractivity contribution in [1.29, 1.82) is 0 Å². The van der Waals surface area contributed by atoms with Crippen LogP contribution in [0.1, 0.15) is 5.56 Å². The molecule has 26 heavy (non-hydrogen) atoms. The second kappa shape index (κ2) is 8.02. The lowest BCUT2D eigenvalue weighted by atomic mass is 10.0. The topological polar surface area (TPSA) is 80.2 Å². The van der Waals surface area contributed by atoms with Gasteiger partial charge in [-0.15, -0.1) is 0 Å². The average molecular weight is 350 g/mol. The summed E-state index contributed by atoms with van der Waals surface area (Å²) in [5.74, 6) is 0.684. The average Bonchev–Trinajstić information content (AvgIpc) is 2.68. The van der Waals surface area contributed by atoms with E-state index < -0.39 is 5.91 Å².